The van der Waals surface area contributed by atoms with Gasteiger partial charge in [-0.2, -0.15) is 10.2 Å². The van der Waals surface area contributed by atoms with Crippen LogP contribution in [0.1, 0.15) is 76.8 Å². The summed E-state index contributed by atoms with van der Waals surface area (Å²) in [6.45, 7) is 14.0. The van der Waals surface area contributed by atoms with E-state index in [9.17, 15) is 9.90 Å². The first-order valence-corrected chi connectivity index (χ1v) is 13.8. The second kappa shape index (κ2) is 8.55. The number of hydrogen-bond donors (Lipinski definition) is 1. The number of aryl methyl sites for hydroxylation is 1. The molecule has 2 aromatic heterocycles. The predicted octanol–water partition coefficient (Wildman–Crippen LogP) is 5.38. The lowest BCUT2D eigenvalue weighted by Gasteiger charge is -2.57. The normalized spacial score (nSPS) is 41.7. The highest BCUT2D eigenvalue weighted by Gasteiger charge is 2.62. The molecule has 4 saturated carbocycles. The predicted molar refractivity (Wildman–Crippen MR) is 136 cm³/mol. The minimum absolute atomic E-state index is 0.0247. The van der Waals surface area contributed by atoms with E-state index in [4.69, 9.17) is 11.7 Å². The molecule has 7 heteroatoms. The summed E-state index contributed by atoms with van der Waals surface area (Å²) < 4.78 is 3.82. The van der Waals surface area contributed by atoms with Crippen molar-refractivity contribution in [2.45, 2.75) is 90.3 Å². The number of rotatable bonds is 4. The molecule has 4 fully saturated rings. The maximum Gasteiger partial charge on any atom is 0.224 e. The SMILES string of the molecule is [C-]#[N+]c1cnn(CC(=O)[C@H]2C[C@@H](n3cc(C)cn3)[C@H]3[C@@H]4CC[C@@H]5C[C@](C)(O)CC[C@@H]5[C@H]4CC[C@@]32C)c1. The van der Waals surface area contributed by atoms with Crippen molar-refractivity contribution >= 4 is 11.5 Å². The van der Waals surface area contributed by atoms with Crippen molar-refractivity contribution < 1.29 is 9.90 Å². The van der Waals surface area contributed by atoms with Gasteiger partial charge in [-0.1, -0.05) is 6.92 Å². The monoisotopic (exact) mass is 489 g/mol. The fraction of sp³-hybridized carbons (Fsp3) is 0.724. The molecule has 2 heterocycles. The third kappa shape index (κ3) is 3.84. The summed E-state index contributed by atoms with van der Waals surface area (Å²) in [5.41, 5.74) is 1.09. The van der Waals surface area contributed by atoms with Gasteiger partial charge in [-0.3, -0.25) is 14.2 Å². The molecule has 6 rings (SSSR count). The van der Waals surface area contributed by atoms with E-state index < -0.39 is 5.60 Å². The third-order valence-corrected chi connectivity index (χ3v) is 10.7. The van der Waals surface area contributed by atoms with Crippen molar-refractivity contribution in [2.75, 3.05) is 0 Å². The second-order valence-electron chi connectivity index (χ2n) is 13.0. The van der Waals surface area contributed by atoms with Crippen LogP contribution in [-0.2, 0) is 11.3 Å². The van der Waals surface area contributed by atoms with Crippen LogP contribution in [0.2, 0.25) is 0 Å². The van der Waals surface area contributed by atoms with Gasteiger partial charge in [0.1, 0.15) is 0 Å². The Hall–Kier alpha value is -2.46. The topological polar surface area (TPSA) is 77.3 Å². The lowest BCUT2D eigenvalue weighted by Crippen LogP contribution is -2.52. The van der Waals surface area contributed by atoms with E-state index in [1.54, 1.807) is 17.1 Å². The third-order valence-electron chi connectivity index (χ3n) is 10.7. The van der Waals surface area contributed by atoms with Gasteiger partial charge in [-0.25, -0.2) is 4.85 Å². The fourth-order valence-corrected chi connectivity index (χ4v) is 9.30. The summed E-state index contributed by atoms with van der Waals surface area (Å²) >= 11 is 0. The van der Waals surface area contributed by atoms with Gasteiger partial charge in [-0.15, -0.1) is 0 Å². The molecule has 36 heavy (non-hydrogen) atoms. The Morgan fingerprint density at radius 2 is 1.92 bits per heavy atom. The molecule has 0 radical (unpaired) electrons. The quantitative estimate of drug-likeness (QED) is 0.585. The van der Waals surface area contributed by atoms with Crippen molar-refractivity contribution in [2.24, 2.45) is 40.9 Å². The lowest BCUT2D eigenvalue weighted by molar-refractivity contribution is -0.133. The van der Waals surface area contributed by atoms with Crippen LogP contribution >= 0.6 is 0 Å². The molecule has 7 nitrogen and oxygen atoms in total. The summed E-state index contributed by atoms with van der Waals surface area (Å²) in [7, 11) is 0. The van der Waals surface area contributed by atoms with E-state index in [2.05, 4.69) is 34.7 Å². The van der Waals surface area contributed by atoms with E-state index in [1.165, 1.54) is 24.8 Å². The Balaban J connectivity index is 1.31. The van der Waals surface area contributed by atoms with E-state index in [1.807, 2.05) is 13.1 Å². The molecule has 2 aromatic rings. The molecule has 0 aromatic carbocycles. The van der Waals surface area contributed by atoms with Crippen LogP contribution in [0.3, 0.4) is 0 Å². The van der Waals surface area contributed by atoms with E-state index in [0.29, 0.717) is 35.3 Å². The van der Waals surface area contributed by atoms with Crippen LogP contribution in [-0.4, -0.2) is 36.1 Å². The molecule has 0 unspecified atom stereocenters. The Morgan fingerprint density at radius 3 is 2.64 bits per heavy atom. The number of aromatic nitrogens is 4. The summed E-state index contributed by atoms with van der Waals surface area (Å²) in [5.74, 6) is 3.30. The maximum absolute atomic E-state index is 13.8. The van der Waals surface area contributed by atoms with Gasteiger partial charge in [0.25, 0.3) is 0 Å². The first-order valence-electron chi connectivity index (χ1n) is 13.8. The average Bonchev–Trinajstić information content (AvgIpc) is 3.54. The fourth-order valence-electron chi connectivity index (χ4n) is 9.30. The first kappa shape index (κ1) is 23.9. The number of carbonyl (C=O) groups is 1. The van der Waals surface area contributed by atoms with Crippen molar-refractivity contribution in [3.63, 3.8) is 0 Å². The number of carbonyl (C=O) groups excluding carboxylic acids is 1. The molecule has 0 bridgehead atoms. The van der Waals surface area contributed by atoms with Crippen LogP contribution in [0.5, 0.6) is 0 Å². The summed E-state index contributed by atoms with van der Waals surface area (Å²) in [6, 6.07) is 0.241. The van der Waals surface area contributed by atoms with Gasteiger partial charge in [0.2, 0.25) is 5.69 Å². The maximum atomic E-state index is 13.8. The van der Waals surface area contributed by atoms with Crippen molar-refractivity contribution in [1.82, 2.24) is 19.6 Å². The van der Waals surface area contributed by atoms with E-state index >= 15 is 0 Å². The number of hydrogen-bond acceptors (Lipinski definition) is 4. The first-order chi connectivity index (χ1) is 17.2. The van der Waals surface area contributed by atoms with Crippen LogP contribution < -0.4 is 0 Å². The Morgan fingerprint density at radius 1 is 1.11 bits per heavy atom. The zero-order chi connectivity index (χ0) is 25.2. The van der Waals surface area contributed by atoms with Crippen molar-refractivity contribution in [1.29, 1.82) is 0 Å². The zero-order valence-electron chi connectivity index (χ0n) is 21.8. The molecule has 4 aliphatic carbocycles. The van der Waals surface area contributed by atoms with Crippen LogP contribution in [0.4, 0.5) is 5.69 Å². The minimum Gasteiger partial charge on any atom is -0.390 e. The number of ketones is 1. The van der Waals surface area contributed by atoms with Crippen molar-refractivity contribution in [3.8, 4) is 0 Å². The highest BCUT2D eigenvalue weighted by Crippen LogP contribution is 2.67. The summed E-state index contributed by atoms with van der Waals surface area (Å²) in [4.78, 5) is 17.3. The van der Waals surface area contributed by atoms with E-state index in [-0.39, 0.29) is 29.7 Å². The molecule has 0 spiro atoms. The smallest absolute Gasteiger partial charge is 0.224 e. The molecule has 4 aliphatic rings. The number of nitrogens with zero attached hydrogens (tertiary/aromatic N) is 5. The second-order valence-corrected chi connectivity index (χ2v) is 13.0. The Bertz CT molecular complexity index is 1190. The number of Topliss-reactive ketones (excluding diaryl/α,β-unsaturated/α-hetero) is 1. The number of aliphatic hydroxyl groups is 1. The Labute approximate surface area is 214 Å². The molecule has 0 aliphatic heterocycles. The molecule has 1 N–H and O–H groups in total. The van der Waals surface area contributed by atoms with Crippen molar-refractivity contribution in [3.05, 3.63) is 41.8 Å². The van der Waals surface area contributed by atoms with Gasteiger partial charge in [0.05, 0.1) is 37.2 Å². The van der Waals surface area contributed by atoms with Crippen LogP contribution in [0.25, 0.3) is 4.85 Å². The molecular weight excluding hydrogens is 450 g/mol. The zero-order valence-corrected chi connectivity index (χ0v) is 21.8. The van der Waals surface area contributed by atoms with Gasteiger partial charge in [-0.05, 0) is 106 Å². The average molecular weight is 490 g/mol. The van der Waals surface area contributed by atoms with Gasteiger partial charge >= 0.3 is 0 Å². The van der Waals surface area contributed by atoms with Crippen LogP contribution in [0.15, 0.2) is 24.8 Å². The lowest BCUT2D eigenvalue weighted by atomic mass is 9.48. The number of fused-ring (bicyclic) bond motifs is 5. The standard InChI is InChI=1S/C29H39N5O2/c1-18-13-32-34(15-18)25-11-24(26(35)17-33-16-20(30-4)14-31-33)29(3)10-8-22-21-7-9-28(2,36)12-19(21)5-6-23(22)27(25)29/h13-16,19,21-25,27,36H,5-12,17H2,1-3H3/t19-,21+,22-,23-,24-,25-,27-,28-,29-/m1/s1. The van der Waals surface area contributed by atoms with E-state index in [0.717, 1.165) is 32.1 Å². The van der Waals surface area contributed by atoms with Gasteiger partial charge in [0, 0.05) is 18.3 Å². The Kier molecular flexibility index (Phi) is 5.68. The summed E-state index contributed by atoms with van der Waals surface area (Å²) in [6.07, 6.45) is 15.9. The highest BCUT2D eigenvalue weighted by atomic mass is 16.3. The summed E-state index contributed by atoms with van der Waals surface area (Å²) in [5, 5.41) is 19.8. The molecular formula is C29H39N5O2. The van der Waals surface area contributed by atoms with Crippen LogP contribution in [0, 0.1) is 54.4 Å². The van der Waals surface area contributed by atoms with Gasteiger partial charge in [0.15, 0.2) is 5.78 Å². The minimum atomic E-state index is -0.503. The molecule has 192 valence electrons. The molecule has 0 amide bonds. The highest BCUT2D eigenvalue weighted by molar-refractivity contribution is 5.82. The van der Waals surface area contributed by atoms with Gasteiger partial charge < -0.3 is 5.11 Å². The molecule has 9 atom stereocenters. The largest absolute Gasteiger partial charge is 0.390 e. The molecule has 0 saturated heterocycles.